The zero-order valence-electron chi connectivity index (χ0n) is 14.1. The molecule has 0 unspecified atom stereocenters. The summed E-state index contributed by atoms with van der Waals surface area (Å²) in [4.78, 5) is 22.9. The van der Waals surface area contributed by atoms with E-state index in [1.54, 1.807) is 54.9 Å². The molecule has 0 spiro atoms. The number of amides is 1. The summed E-state index contributed by atoms with van der Waals surface area (Å²) >= 11 is 0. The molecule has 0 radical (unpaired) electrons. The lowest BCUT2D eigenvalue weighted by Crippen LogP contribution is -2.32. The molecule has 2 aromatic carbocycles. The second-order valence-electron chi connectivity index (χ2n) is 5.91. The third kappa shape index (κ3) is 3.32. The number of aromatic nitrogens is 1. The Kier molecular flexibility index (Phi) is 4.22. The first-order valence-corrected chi connectivity index (χ1v) is 8.22. The number of aliphatic imine (C=N–C) groups is 1. The molecular weight excluding hydrogens is 345 g/mol. The van der Waals surface area contributed by atoms with E-state index in [1.165, 1.54) is 29.2 Å². The van der Waals surface area contributed by atoms with Gasteiger partial charge in [-0.2, -0.15) is 0 Å². The largest absolute Gasteiger partial charge is 0.508 e. The minimum absolute atomic E-state index is 0.0956. The number of phenols is 1. The Morgan fingerprint density at radius 1 is 0.926 bits per heavy atom. The van der Waals surface area contributed by atoms with Gasteiger partial charge in [-0.05, 0) is 72.3 Å². The van der Waals surface area contributed by atoms with Gasteiger partial charge in [0.1, 0.15) is 23.1 Å². The van der Waals surface area contributed by atoms with E-state index in [4.69, 9.17) is 0 Å². The average Bonchev–Trinajstić information content (AvgIpc) is 3.00. The van der Waals surface area contributed by atoms with Crippen LogP contribution in [0, 0.1) is 5.82 Å². The third-order valence-corrected chi connectivity index (χ3v) is 4.08. The second kappa shape index (κ2) is 6.84. The zero-order valence-corrected chi connectivity index (χ0v) is 14.1. The van der Waals surface area contributed by atoms with Crippen LogP contribution in [0.15, 0.2) is 83.7 Å². The molecule has 3 aromatic rings. The fraction of sp³-hybridized carbons (Fsp3) is 0. The first-order valence-electron chi connectivity index (χ1n) is 8.22. The molecule has 1 aromatic heterocycles. The summed E-state index contributed by atoms with van der Waals surface area (Å²) < 4.78 is 13.3. The predicted molar refractivity (Wildman–Crippen MR) is 101 cm³/mol. The van der Waals surface area contributed by atoms with Crippen molar-refractivity contribution in [2.75, 3.05) is 4.90 Å². The van der Waals surface area contributed by atoms with Crippen molar-refractivity contribution in [3.63, 3.8) is 0 Å². The zero-order chi connectivity index (χ0) is 18.8. The smallest absolute Gasteiger partial charge is 0.282 e. The van der Waals surface area contributed by atoms with Gasteiger partial charge in [-0.3, -0.25) is 14.7 Å². The maximum atomic E-state index is 13.3. The molecule has 4 rings (SSSR count). The van der Waals surface area contributed by atoms with Gasteiger partial charge in [0.2, 0.25) is 0 Å². The highest BCUT2D eigenvalue weighted by molar-refractivity contribution is 6.33. The second-order valence-corrected chi connectivity index (χ2v) is 5.91. The van der Waals surface area contributed by atoms with Crippen LogP contribution in [0.1, 0.15) is 11.1 Å². The van der Waals surface area contributed by atoms with Crippen LogP contribution in [0.25, 0.3) is 6.08 Å². The average molecular weight is 359 g/mol. The molecule has 0 saturated heterocycles. The highest BCUT2D eigenvalue weighted by atomic mass is 19.1. The molecule has 0 atom stereocenters. The monoisotopic (exact) mass is 359 g/mol. The van der Waals surface area contributed by atoms with Gasteiger partial charge in [-0.1, -0.05) is 0 Å². The number of phenolic OH excluding ortho intramolecular Hbond substituents is 1. The standard InChI is InChI=1S/C21H14FN3O2/c22-16-3-1-15(2-4-16)20-24-19(13-14-9-11-23-12-10-14)21(27)25(20)17-5-7-18(26)8-6-17/h1-13,26H/b19-13+. The van der Waals surface area contributed by atoms with Crippen molar-refractivity contribution < 1.29 is 14.3 Å². The summed E-state index contributed by atoms with van der Waals surface area (Å²) in [5.41, 5.74) is 2.21. The summed E-state index contributed by atoms with van der Waals surface area (Å²) in [6, 6.07) is 15.6. The van der Waals surface area contributed by atoms with Crippen molar-refractivity contribution in [2.45, 2.75) is 0 Å². The van der Waals surface area contributed by atoms with Crippen molar-refractivity contribution in [2.24, 2.45) is 4.99 Å². The lowest BCUT2D eigenvalue weighted by molar-refractivity contribution is -0.113. The van der Waals surface area contributed by atoms with Gasteiger partial charge in [0.05, 0.1) is 5.69 Å². The minimum Gasteiger partial charge on any atom is -0.508 e. The van der Waals surface area contributed by atoms with Crippen molar-refractivity contribution >= 4 is 23.5 Å². The molecular formula is C21H14FN3O2. The number of carbonyl (C=O) groups is 1. The lowest BCUT2D eigenvalue weighted by Gasteiger charge is -2.18. The number of rotatable bonds is 3. The number of nitrogens with zero attached hydrogens (tertiary/aromatic N) is 3. The molecule has 1 aliphatic rings. The number of hydrogen-bond acceptors (Lipinski definition) is 4. The maximum Gasteiger partial charge on any atom is 0.282 e. The van der Waals surface area contributed by atoms with Crippen LogP contribution in [-0.2, 0) is 4.79 Å². The Labute approximate surface area is 154 Å². The van der Waals surface area contributed by atoms with Crippen molar-refractivity contribution in [3.05, 3.63) is 95.7 Å². The molecule has 5 nitrogen and oxygen atoms in total. The molecule has 1 N–H and O–H groups in total. The van der Waals surface area contributed by atoms with E-state index in [-0.39, 0.29) is 23.2 Å². The summed E-state index contributed by atoms with van der Waals surface area (Å²) in [5.74, 6) is -0.187. The molecule has 0 saturated carbocycles. The van der Waals surface area contributed by atoms with Gasteiger partial charge in [-0.25, -0.2) is 9.38 Å². The molecule has 1 amide bonds. The number of pyridine rings is 1. The highest BCUT2D eigenvalue weighted by Gasteiger charge is 2.32. The number of anilines is 1. The number of hydrogen-bond donors (Lipinski definition) is 1. The van der Waals surface area contributed by atoms with Crippen molar-refractivity contribution in [3.8, 4) is 5.75 Å². The van der Waals surface area contributed by atoms with Gasteiger partial charge in [0, 0.05) is 18.0 Å². The van der Waals surface area contributed by atoms with E-state index < -0.39 is 0 Å². The molecule has 132 valence electrons. The number of amidine groups is 1. The van der Waals surface area contributed by atoms with Crippen LogP contribution in [0.3, 0.4) is 0 Å². The van der Waals surface area contributed by atoms with Gasteiger partial charge in [0.15, 0.2) is 0 Å². The SMILES string of the molecule is O=C1/C(=C\c2ccncc2)N=C(c2ccc(F)cc2)N1c1ccc(O)cc1. The Morgan fingerprint density at radius 3 is 2.26 bits per heavy atom. The predicted octanol–water partition coefficient (Wildman–Crippen LogP) is 3.76. The minimum atomic E-state index is -0.368. The van der Waals surface area contributed by atoms with Crippen LogP contribution in [0.2, 0.25) is 0 Å². The Bertz CT molecular complexity index is 1040. The summed E-state index contributed by atoms with van der Waals surface area (Å²) in [7, 11) is 0. The molecule has 2 heterocycles. The molecule has 0 aliphatic carbocycles. The van der Waals surface area contributed by atoms with Crippen LogP contribution in [0.5, 0.6) is 5.75 Å². The fourth-order valence-electron chi connectivity index (χ4n) is 2.77. The van der Waals surface area contributed by atoms with Crippen LogP contribution in [0.4, 0.5) is 10.1 Å². The molecule has 1 aliphatic heterocycles. The normalized spacial score (nSPS) is 15.3. The van der Waals surface area contributed by atoms with E-state index in [2.05, 4.69) is 9.98 Å². The molecule has 0 fully saturated rings. The topological polar surface area (TPSA) is 65.8 Å². The van der Waals surface area contributed by atoms with Crippen LogP contribution in [-0.4, -0.2) is 21.8 Å². The quantitative estimate of drug-likeness (QED) is 0.724. The van der Waals surface area contributed by atoms with Gasteiger partial charge in [-0.15, -0.1) is 0 Å². The fourth-order valence-corrected chi connectivity index (χ4v) is 2.77. The van der Waals surface area contributed by atoms with Crippen LogP contribution < -0.4 is 4.90 Å². The number of benzene rings is 2. The number of halogens is 1. The van der Waals surface area contributed by atoms with E-state index in [1.807, 2.05) is 0 Å². The van der Waals surface area contributed by atoms with E-state index in [9.17, 15) is 14.3 Å². The van der Waals surface area contributed by atoms with Crippen LogP contribution >= 0.6 is 0 Å². The Hall–Kier alpha value is -3.80. The van der Waals surface area contributed by atoms with E-state index in [0.29, 0.717) is 17.1 Å². The van der Waals surface area contributed by atoms with Crippen molar-refractivity contribution in [1.82, 2.24) is 4.98 Å². The van der Waals surface area contributed by atoms with Gasteiger partial charge < -0.3 is 5.11 Å². The summed E-state index contributed by atoms with van der Waals surface area (Å²) in [6.07, 6.45) is 4.94. The maximum absolute atomic E-state index is 13.3. The van der Waals surface area contributed by atoms with Gasteiger partial charge in [0.25, 0.3) is 5.91 Å². The lowest BCUT2D eigenvalue weighted by atomic mass is 10.1. The first kappa shape index (κ1) is 16.7. The Balaban J connectivity index is 1.82. The third-order valence-electron chi connectivity index (χ3n) is 4.08. The van der Waals surface area contributed by atoms with E-state index >= 15 is 0 Å². The molecule has 6 heteroatoms. The van der Waals surface area contributed by atoms with Crippen molar-refractivity contribution in [1.29, 1.82) is 0 Å². The first-order chi connectivity index (χ1) is 13.1. The summed E-state index contributed by atoms with van der Waals surface area (Å²) in [5, 5.41) is 9.53. The highest BCUT2D eigenvalue weighted by Crippen LogP contribution is 2.29. The van der Waals surface area contributed by atoms with E-state index in [0.717, 1.165) is 5.56 Å². The van der Waals surface area contributed by atoms with Gasteiger partial charge >= 0.3 is 0 Å². The Morgan fingerprint density at radius 2 is 1.59 bits per heavy atom. The molecule has 0 bridgehead atoms. The number of carbonyl (C=O) groups excluding carboxylic acids is 1. The molecule has 27 heavy (non-hydrogen) atoms. The summed E-state index contributed by atoms with van der Waals surface area (Å²) in [6.45, 7) is 0. The number of aromatic hydroxyl groups is 1.